The van der Waals surface area contributed by atoms with Crippen LogP contribution in [-0.4, -0.2) is 13.1 Å². The molecule has 0 saturated carbocycles. The van der Waals surface area contributed by atoms with Crippen molar-refractivity contribution in [1.29, 1.82) is 0 Å². The lowest BCUT2D eigenvalue weighted by Gasteiger charge is -2.03. The second-order valence-electron chi connectivity index (χ2n) is 3.59. The molecule has 1 N–H and O–H groups in total. The lowest BCUT2D eigenvalue weighted by molar-refractivity contribution is 0.617. The zero-order valence-electron chi connectivity index (χ0n) is 9.05. The van der Waals surface area contributed by atoms with Gasteiger partial charge >= 0.3 is 0 Å². The van der Waals surface area contributed by atoms with Crippen LogP contribution in [0.2, 0.25) is 0 Å². The van der Waals surface area contributed by atoms with Gasteiger partial charge in [-0.15, -0.1) is 0 Å². The predicted octanol–water partition coefficient (Wildman–Crippen LogP) is 2.81. The van der Waals surface area contributed by atoms with Gasteiger partial charge in [0.2, 0.25) is 0 Å². The summed E-state index contributed by atoms with van der Waals surface area (Å²) in [6, 6.07) is 11.5. The Morgan fingerprint density at radius 1 is 1.21 bits per heavy atom. The summed E-state index contributed by atoms with van der Waals surface area (Å²) in [7, 11) is 0. The molecule has 1 heteroatoms. The summed E-state index contributed by atoms with van der Waals surface area (Å²) in [5, 5.41) is 3.44. The minimum absolute atomic E-state index is 1.13. The molecule has 0 atom stereocenters. The molecule has 1 aromatic rings. The van der Waals surface area contributed by atoms with Gasteiger partial charge in [0.15, 0.2) is 0 Å². The molecular weight excluding hydrogens is 170 g/mol. The van der Waals surface area contributed by atoms with Gasteiger partial charge in [0.05, 0.1) is 0 Å². The maximum atomic E-state index is 3.44. The summed E-state index contributed by atoms with van der Waals surface area (Å²) in [6.45, 7) is 4.51. The van der Waals surface area contributed by atoms with E-state index in [1.165, 1.54) is 24.8 Å². The minimum Gasteiger partial charge on any atom is -0.317 e. The van der Waals surface area contributed by atoms with Crippen molar-refractivity contribution < 1.29 is 0 Å². The molecule has 1 rings (SSSR count). The van der Waals surface area contributed by atoms with Crippen molar-refractivity contribution in [3.63, 3.8) is 0 Å². The summed E-state index contributed by atoms with van der Waals surface area (Å²) in [6.07, 6.45) is 4.92. The predicted molar refractivity (Wildman–Crippen MR) is 61.4 cm³/mol. The second kappa shape index (κ2) is 7.57. The normalized spacial score (nSPS) is 10.4. The average molecular weight is 190 g/mol. The first kappa shape index (κ1) is 11.3. The van der Waals surface area contributed by atoms with Crippen LogP contribution in [0, 0.1) is 6.07 Å². The topological polar surface area (TPSA) is 12.0 Å². The summed E-state index contributed by atoms with van der Waals surface area (Å²) in [5.41, 5.74) is 1.32. The highest BCUT2D eigenvalue weighted by atomic mass is 14.8. The molecule has 0 amide bonds. The monoisotopic (exact) mass is 190 g/mol. The van der Waals surface area contributed by atoms with Crippen LogP contribution in [0.25, 0.3) is 0 Å². The van der Waals surface area contributed by atoms with E-state index >= 15 is 0 Å². The quantitative estimate of drug-likeness (QED) is 0.652. The van der Waals surface area contributed by atoms with Crippen molar-refractivity contribution in [1.82, 2.24) is 5.32 Å². The van der Waals surface area contributed by atoms with Gasteiger partial charge in [0.25, 0.3) is 0 Å². The van der Waals surface area contributed by atoms with Gasteiger partial charge in [-0.25, -0.2) is 0 Å². The maximum absolute atomic E-state index is 3.44. The second-order valence-corrected chi connectivity index (χ2v) is 3.59. The molecule has 0 heterocycles. The Balaban J connectivity index is 1.99. The lowest BCUT2D eigenvalue weighted by Crippen LogP contribution is -2.16. The van der Waals surface area contributed by atoms with E-state index in [4.69, 9.17) is 0 Å². The Hall–Kier alpha value is -0.820. The van der Waals surface area contributed by atoms with Crippen LogP contribution >= 0.6 is 0 Å². The van der Waals surface area contributed by atoms with E-state index in [9.17, 15) is 0 Å². The molecule has 1 nitrogen and oxygen atoms in total. The van der Waals surface area contributed by atoms with E-state index in [0.29, 0.717) is 0 Å². The highest BCUT2D eigenvalue weighted by molar-refractivity contribution is 5.12. The SMILES string of the molecule is CCCCNCCCc1[c]cccc1. The third-order valence-corrected chi connectivity index (χ3v) is 2.28. The number of aryl methyl sites for hydroxylation is 1. The standard InChI is InChI=1S/C13H20N/c1-2-3-11-14-12-7-10-13-8-5-4-6-9-13/h4-6,8,14H,2-3,7,10-12H2,1H3. The molecule has 77 valence electrons. The Kier molecular flexibility index (Phi) is 6.09. The van der Waals surface area contributed by atoms with Crippen LogP contribution in [0.5, 0.6) is 0 Å². The first-order valence-corrected chi connectivity index (χ1v) is 5.60. The molecule has 0 bridgehead atoms. The van der Waals surface area contributed by atoms with Crippen molar-refractivity contribution >= 4 is 0 Å². The molecule has 0 saturated heterocycles. The van der Waals surface area contributed by atoms with E-state index in [1.807, 2.05) is 12.1 Å². The smallest absolute Gasteiger partial charge is 0.00457 e. The number of rotatable bonds is 7. The molecule has 1 aromatic carbocycles. The number of unbranched alkanes of at least 4 members (excludes halogenated alkanes) is 1. The van der Waals surface area contributed by atoms with Crippen molar-refractivity contribution in [2.45, 2.75) is 32.6 Å². The van der Waals surface area contributed by atoms with Crippen LogP contribution in [0.3, 0.4) is 0 Å². The zero-order valence-corrected chi connectivity index (χ0v) is 9.05. The van der Waals surface area contributed by atoms with Gasteiger partial charge in [-0.3, -0.25) is 0 Å². The molecule has 0 unspecified atom stereocenters. The fourth-order valence-electron chi connectivity index (χ4n) is 1.42. The molecule has 0 aromatic heterocycles. The van der Waals surface area contributed by atoms with Crippen molar-refractivity contribution in [3.8, 4) is 0 Å². The Bertz CT molecular complexity index is 218. The van der Waals surface area contributed by atoms with Gasteiger partial charge < -0.3 is 5.32 Å². The van der Waals surface area contributed by atoms with Crippen LogP contribution in [0.4, 0.5) is 0 Å². The average Bonchev–Trinajstić information content (AvgIpc) is 2.25. The molecule has 0 aliphatic heterocycles. The fraction of sp³-hybridized carbons (Fsp3) is 0.538. The fourth-order valence-corrected chi connectivity index (χ4v) is 1.42. The molecule has 0 aliphatic rings. The third-order valence-electron chi connectivity index (χ3n) is 2.28. The number of hydrogen-bond donors (Lipinski definition) is 1. The Morgan fingerprint density at radius 3 is 2.79 bits per heavy atom. The first-order chi connectivity index (χ1) is 6.93. The molecule has 1 radical (unpaired) electrons. The zero-order chi connectivity index (χ0) is 10.1. The summed E-state index contributed by atoms with van der Waals surface area (Å²) in [5.74, 6) is 0. The van der Waals surface area contributed by atoms with Crippen LogP contribution in [-0.2, 0) is 6.42 Å². The lowest BCUT2D eigenvalue weighted by atomic mass is 10.1. The van der Waals surface area contributed by atoms with Crippen molar-refractivity contribution in [3.05, 3.63) is 35.9 Å². The van der Waals surface area contributed by atoms with Crippen molar-refractivity contribution in [2.24, 2.45) is 0 Å². The van der Waals surface area contributed by atoms with E-state index in [2.05, 4.69) is 30.4 Å². The largest absolute Gasteiger partial charge is 0.317 e. The Labute approximate surface area is 87.5 Å². The summed E-state index contributed by atoms with van der Waals surface area (Å²) >= 11 is 0. The first-order valence-electron chi connectivity index (χ1n) is 5.60. The molecule has 0 aliphatic carbocycles. The Morgan fingerprint density at radius 2 is 2.07 bits per heavy atom. The van der Waals surface area contributed by atoms with E-state index < -0.39 is 0 Å². The van der Waals surface area contributed by atoms with Crippen molar-refractivity contribution in [2.75, 3.05) is 13.1 Å². The van der Waals surface area contributed by atoms with Gasteiger partial charge in [-0.1, -0.05) is 37.6 Å². The van der Waals surface area contributed by atoms with Gasteiger partial charge in [-0.05, 0) is 44.0 Å². The molecule has 0 fully saturated rings. The van der Waals surface area contributed by atoms with Gasteiger partial charge in [-0.2, -0.15) is 0 Å². The number of hydrogen-bond acceptors (Lipinski definition) is 1. The van der Waals surface area contributed by atoms with Gasteiger partial charge in [0.1, 0.15) is 0 Å². The van der Waals surface area contributed by atoms with Crippen LogP contribution in [0.1, 0.15) is 31.7 Å². The minimum atomic E-state index is 1.13. The van der Waals surface area contributed by atoms with E-state index in [-0.39, 0.29) is 0 Å². The summed E-state index contributed by atoms with van der Waals surface area (Å²) in [4.78, 5) is 0. The highest BCUT2D eigenvalue weighted by Gasteiger charge is 1.91. The molecular formula is C13H20N. The van der Waals surface area contributed by atoms with Gasteiger partial charge in [0, 0.05) is 0 Å². The van der Waals surface area contributed by atoms with Crippen LogP contribution < -0.4 is 5.32 Å². The third kappa shape index (κ3) is 5.03. The summed E-state index contributed by atoms with van der Waals surface area (Å²) < 4.78 is 0. The number of nitrogens with one attached hydrogen (secondary N) is 1. The van der Waals surface area contributed by atoms with E-state index in [1.54, 1.807) is 0 Å². The maximum Gasteiger partial charge on any atom is -0.00457 e. The molecule has 0 spiro atoms. The van der Waals surface area contributed by atoms with Crippen LogP contribution in [0.15, 0.2) is 24.3 Å². The highest BCUT2D eigenvalue weighted by Crippen LogP contribution is 2.00. The number of benzene rings is 1. The molecule has 14 heavy (non-hydrogen) atoms. The van der Waals surface area contributed by atoms with E-state index in [0.717, 1.165) is 19.5 Å².